The number of pyridine rings is 1. The largest absolute Gasteiger partial charge is 0.328 e. The molecule has 0 radical (unpaired) electrons. The minimum Gasteiger partial charge on any atom is -0.313 e. The quantitative estimate of drug-likeness (QED) is 0.433. The molecule has 1 aliphatic heterocycles. The van der Waals surface area contributed by atoms with Gasteiger partial charge in [-0.1, -0.05) is 18.2 Å². The van der Waals surface area contributed by atoms with Crippen LogP contribution in [-0.4, -0.2) is 47.4 Å². The number of hydrogen-bond acceptors (Lipinski definition) is 6. The topological polar surface area (TPSA) is 106 Å². The van der Waals surface area contributed by atoms with Gasteiger partial charge in [-0.15, -0.1) is 12.4 Å². The predicted molar refractivity (Wildman–Crippen MR) is 119 cm³/mol. The summed E-state index contributed by atoms with van der Waals surface area (Å²) >= 11 is 0. The Balaban J connectivity index is 0.00000216. The zero-order valence-corrected chi connectivity index (χ0v) is 17.5. The highest BCUT2D eigenvalue weighted by molar-refractivity contribution is 5.90. The van der Waals surface area contributed by atoms with Crippen LogP contribution < -0.4 is 11.0 Å². The van der Waals surface area contributed by atoms with Crippen molar-refractivity contribution < 1.29 is 4.39 Å². The van der Waals surface area contributed by atoms with E-state index in [1.165, 1.54) is 6.07 Å². The molecule has 5 aromatic rings. The Morgan fingerprint density at radius 1 is 1.12 bits per heavy atom. The first kappa shape index (κ1) is 20.3. The maximum absolute atomic E-state index is 14.2. The molecule has 0 aliphatic carbocycles. The highest BCUT2D eigenvalue weighted by Crippen LogP contribution is 2.26. The monoisotopic (exact) mass is 452 g/mol. The summed E-state index contributed by atoms with van der Waals surface area (Å²) in [5.74, 6) is 0.0728. The predicted octanol–water partition coefficient (Wildman–Crippen LogP) is 2.28. The number of nitrogens with zero attached hydrogens (tertiary/aromatic N) is 6. The van der Waals surface area contributed by atoms with Crippen LogP contribution in [0.4, 0.5) is 4.39 Å². The molecule has 0 atom stereocenters. The molecule has 1 fully saturated rings. The molecule has 32 heavy (non-hydrogen) atoms. The molecule has 0 amide bonds. The molecule has 6 rings (SSSR count). The molecule has 1 saturated heterocycles. The summed E-state index contributed by atoms with van der Waals surface area (Å²) in [7, 11) is 0. The number of hydrogen-bond donors (Lipinski definition) is 2. The number of imidazole rings is 1. The van der Waals surface area contributed by atoms with Gasteiger partial charge in [0.05, 0.1) is 24.2 Å². The Morgan fingerprint density at radius 3 is 2.75 bits per heavy atom. The van der Waals surface area contributed by atoms with Crippen molar-refractivity contribution in [2.45, 2.75) is 12.6 Å². The molecule has 162 valence electrons. The second-order valence-electron chi connectivity index (χ2n) is 7.51. The second kappa shape index (κ2) is 7.81. The van der Waals surface area contributed by atoms with Crippen LogP contribution in [0.3, 0.4) is 0 Å². The van der Waals surface area contributed by atoms with Crippen LogP contribution in [0.25, 0.3) is 33.7 Å². The summed E-state index contributed by atoms with van der Waals surface area (Å²) in [4.78, 5) is 28.7. The highest BCUT2D eigenvalue weighted by Gasteiger charge is 2.24. The minimum absolute atomic E-state index is 0. The molecule has 4 aromatic heterocycles. The first-order valence-electron chi connectivity index (χ1n) is 9.92. The van der Waals surface area contributed by atoms with E-state index in [4.69, 9.17) is 0 Å². The number of H-pyrrole nitrogens is 1. The summed E-state index contributed by atoms with van der Waals surface area (Å²) in [6.07, 6.45) is 3.31. The molecule has 0 bridgehead atoms. The third-order valence-corrected chi connectivity index (χ3v) is 5.59. The van der Waals surface area contributed by atoms with Crippen molar-refractivity contribution >= 4 is 34.6 Å². The molecule has 5 heterocycles. The molecule has 0 spiro atoms. The van der Waals surface area contributed by atoms with Gasteiger partial charge >= 0.3 is 5.69 Å². The van der Waals surface area contributed by atoms with Gasteiger partial charge in [-0.05, 0) is 18.2 Å². The lowest BCUT2D eigenvalue weighted by atomic mass is 10.2. The normalized spacial score (nSPS) is 13.9. The SMILES string of the molecule is Cl.O=c1[nH]c2nc(-c3nn(Cc4ccccc4F)c4ncccc34)ncc2n1C1CNC1. The number of halogens is 2. The molecule has 0 unspecified atom stereocenters. The van der Waals surface area contributed by atoms with E-state index in [-0.39, 0.29) is 36.5 Å². The van der Waals surface area contributed by atoms with Crippen LogP contribution in [-0.2, 0) is 6.54 Å². The van der Waals surface area contributed by atoms with Gasteiger partial charge < -0.3 is 5.32 Å². The Kier molecular flexibility index (Phi) is 4.95. The first-order chi connectivity index (χ1) is 15.2. The number of aromatic nitrogens is 7. The van der Waals surface area contributed by atoms with Crippen molar-refractivity contribution in [3.8, 4) is 11.5 Å². The van der Waals surface area contributed by atoms with Crippen LogP contribution >= 0.6 is 12.4 Å². The molecule has 1 aliphatic rings. The molecule has 11 heteroatoms. The summed E-state index contributed by atoms with van der Waals surface area (Å²) in [6, 6.07) is 10.4. The first-order valence-corrected chi connectivity index (χ1v) is 9.92. The number of nitrogens with one attached hydrogen (secondary N) is 2. The molecule has 0 saturated carbocycles. The fraction of sp³-hybridized carbons (Fsp3) is 0.190. The summed E-state index contributed by atoms with van der Waals surface area (Å²) in [6.45, 7) is 1.71. The van der Waals surface area contributed by atoms with Gasteiger partial charge in [-0.2, -0.15) is 5.10 Å². The maximum atomic E-state index is 14.2. The van der Waals surface area contributed by atoms with Crippen LogP contribution in [0.15, 0.2) is 53.6 Å². The lowest BCUT2D eigenvalue weighted by molar-refractivity contribution is 0.344. The van der Waals surface area contributed by atoms with E-state index in [1.807, 2.05) is 6.07 Å². The van der Waals surface area contributed by atoms with Crippen molar-refractivity contribution in [3.63, 3.8) is 0 Å². The van der Waals surface area contributed by atoms with Crippen LogP contribution in [0.5, 0.6) is 0 Å². The molecular weight excluding hydrogens is 435 g/mol. The standard InChI is InChI=1S/C21H17FN8O.ClH/c22-15-6-2-1-4-12(15)11-29-20-14(5-3-7-24-20)17(28-29)19-25-10-16-18(26-19)27-21(31)30(16)13-8-23-9-13;/h1-7,10,13,23H,8-9,11H2,(H,25,26,27,31);1H. The van der Waals surface area contributed by atoms with Gasteiger partial charge in [0.1, 0.15) is 17.0 Å². The van der Waals surface area contributed by atoms with Crippen LogP contribution in [0.2, 0.25) is 0 Å². The fourth-order valence-corrected chi connectivity index (χ4v) is 3.92. The highest BCUT2D eigenvalue weighted by atomic mass is 35.5. The summed E-state index contributed by atoms with van der Waals surface area (Å²) in [5.41, 5.74) is 2.56. The van der Waals surface area contributed by atoms with Crippen LogP contribution in [0, 0.1) is 5.82 Å². The van der Waals surface area contributed by atoms with Gasteiger partial charge in [0, 0.05) is 24.8 Å². The van der Waals surface area contributed by atoms with Crippen molar-refractivity contribution in [1.29, 1.82) is 0 Å². The summed E-state index contributed by atoms with van der Waals surface area (Å²) in [5, 5.41) is 8.57. The van der Waals surface area contributed by atoms with E-state index < -0.39 is 0 Å². The van der Waals surface area contributed by atoms with Gasteiger partial charge in [-0.25, -0.2) is 28.8 Å². The number of fused-ring (bicyclic) bond motifs is 2. The average molecular weight is 453 g/mol. The Hall–Kier alpha value is -3.63. The minimum atomic E-state index is -0.300. The van der Waals surface area contributed by atoms with Crippen molar-refractivity contribution in [1.82, 2.24) is 39.6 Å². The molecule has 1 aromatic carbocycles. The Labute approximate surface area is 186 Å². The van der Waals surface area contributed by atoms with Gasteiger partial charge in [0.25, 0.3) is 0 Å². The van der Waals surface area contributed by atoms with E-state index in [0.29, 0.717) is 33.9 Å². The van der Waals surface area contributed by atoms with Gasteiger partial charge in [-0.3, -0.25) is 9.55 Å². The second-order valence-corrected chi connectivity index (χ2v) is 7.51. The zero-order chi connectivity index (χ0) is 20.9. The fourth-order valence-electron chi connectivity index (χ4n) is 3.92. The van der Waals surface area contributed by atoms with Crippen LogP contribution in [0.1, 0.15) is 11.6 Å². The van der Waals surface area contributed by atoms with Gasteiger partial charge in [0.15, 0.2) is 17.1 Å². The lowest BCUT2D eigenvalue weighted by Crippen LogP contribution is -2.46. The third kappa shape index (κ3) is 3.15. The maximum Gasteiger partial charge on any atom is 0.328 e. The van der Waals surface area contributed by atoms with E-state index in [1.54, 1.807) is 45.9 Å². The Bertz CT molecular complexity index is 1500. The molecule has 2 N–H and O–H groups in total. The van der Waals surface area contributed by atoms with Crippen molar-refractivity contribution in [2.24, 2.45) is 0 Å². The number of aromatic amines is 1. The van der Waals surface area contributed by atoms with Crippen molar-refractivity contribution in [3.05, 3.63) is 70.7 Å². The van der Waals surface area contributed by atoms with E-state index in [2.05, 4.69) is 30.4 Å². The van der Waals surface area contributed by atoms with Crippen molar-refractivity contribution in [2.75, 3.05) is 13.1 Å². The van der Waals surface area contributed by atoms with Gasteiger partial charge in [0.2, 0.25) is 0 Å². The average Bonchev–Trinajstić information content (AvgIpc) is 3.26. The Morgan fingerprint density at radius 2 is 1.97 bits per heavy atom. The molecular formula is C21H18ClFN8O. The zero-order valence-electron chi connectivity index (χ0n) is 16.7. The lowest BCUT2D eigenvalue weighted by Gasteiger charge is -2.27. The third-order valence-electron chi connectivity index (χ3n) is 5.59. The van der Waals surface area contributed by atoms with E-state index in [0.717, 1.165) is 18.5 Å². The van der Waals surface area contributed by atoms with E-state index >= 15 is 0 Å². The smallest absolute Gasteiger partial charge is 0.313 e. The van der Waals surface area contributed by atoms with E-state index in [9.17, 15) is 9.18 Å². The summed E-state index contributed by atoms with van der Waals surface area (Å²) < 4.78 is 17.5. The molecule has 9 nitrogen and oxygen atoms in total. The number of benzene rings is 1. The number of rotatable bonds is 4.